The molecule has 1 aliphatic rings. The SMILES string of the molecule is O=C(CC1(O)C(=O)Nc2ccc(Br)cc21)c1cc(Br)c(Br)o1. The highest BCUT2D eigenvalue weighted by Crippen LogP contribution is 2.40. The number of aliphatic hydroxyl groups is 1. The Balaban J connectivity index is 1.96. The van der Waals surface area contributed by atoms with Crippen molar-refractivity contribution in [1.82, 2.24) is 0 Å². The van der Waals surface area contributed by atoms with Crippen LogP contribution in [0.2, 0.25) is 0 Å². The van der Waals surface area contributed by atoms with Gasteiger partial charge in [-0.15, -0.1) is 0 Å². The number of ketones is 1. The van der Waals surface area contributed by atoms with Gasteiger partial charge in [-0.2, -0.15) is 0 Å². The second-order valence-corrected chi connectivity index (χ2v) is 7.33. The van der Waals surface area contributed by atoms with Gasteiger partial charge < -0.3 is 14.8 Å². The summed E-state index contributed by atoms with van der Waals surface area (Å²) in [5.41, 5.74) is -1.06. The fraction of sp³-hybridized carbons (Fsp3) is 0.143. The Labute approximate surface area is 150 Å². The Morgan fingerprint density at radius 3 is 2.64 bits per heavy atom. The van der Waals surface area contributed by atoms with Crippen molar-refractivity contribution in [3.63, 3.8) is 0 Å². The van der Waals surface area contributed by atoms with Crippen molar-refractivity contribution in [2.24, 2.45) is 0 Å². The lowest BCUT2D eigenvalue weighted by molar-refractivity contribution is -0.133. The van der Waals surface area contributed by atoms with Gasteiger partial charge in [0.25, 0.3) is 5.91 Å². The Morgan fingerprint density at radius 1 is 1.27 bits per heavy atom. The maximum Gasteiger partial charge on any atom is 0.261 e. The maximum absolute atomic E-state index is 12.3. The molecule has 0 bridgehead atoms. The van der Waals surface area contributed by atoms with Gasteiger partial charge in [0.15, 0.2) is 16.0 Å². The predicted octanol–water partition coefficient (Wildman–Crippen LogP) is 3.98. The molecular weight excluding hydrogens is 486 g/mol. The second kappa shape index (κ2) is 5.59. The fourth-order valence-electron chi connectivity index (χ4n) is 2.29. The lowest BCUT2D eigenvalue weighted by Gasteiger charge is -2.19. The van der Waals surface area contributed by atoms with Crippen LogP contribution in [0.15, 0.2) is 42.3 Å². The van der Waals surface area contributed by atoms with E-state index in [0.717, 1.165) is 0 Å². The molecule has 2 N–H and O–H groups in total. The van der Waals surface area contributed by atoms with Crippen LogP contribution in [0.25, 0.3) is 0 Å². The zero-order chi connectivity index (χ0) is 16.1. The minimum Gasteiger partial charge on any atom is -0.445 e. The van der Waals surface area contributed by atoms with E-state index >= 15 is 0 Å². The molecule has 1 aromatic carbocycles. The number of carbonyl (C=O) groups is 2. The summed E-state index contributed by atoms with van der Waals surface area (Å²) in [5, 5.41) is 13.3. The van der Waals surface area contributed by atoms with Crippen molar-refractivity contribution >= 4 is 65.2 Å². The summed E-state index contributed by atoms with van der Waals surface area (Å²) in [6, 6.07) is 6.52. The Kier molecular flexibility index (Phi) is 4.05. The van der Waals surface area contributed by atoms with Gasteiger partial charge in [0.2, 0.25) is 5.78 Å². The van der Waals surface area contributed by atoms with Crippen molar-refractivity contribution in [3.05, 3.63) is 49.2 Å². The van der Waals surface area contributed by atoms with Crippen LogP contribution in [-0.2, 0) is 10.4 Å². The molecule has 2 heterocycles. The number of nitrogens with one attached hydrogen (secondary N) is 1. The van der Waals surface area contributed by atoms with E-state index in [1.54, 1.807) is 18.2 Å². The van der Waals surface area contributed by atoms with Crippen molar-refractivity contribution < 1.29 is 19.1 Å². The second-order valence-electron chi connectivity index (χ2n) is 4.84. The van der Waals surface area contributed by atoms with Crippen LogP contribution in [-0.4, -0.2) is 16.8 Å². The standard InChI is InChI=1S/C14H8Br3NO4/c15-6-1-2-9-7(3-6)14(21,13(20)18-9)5-10(19)11-4-8(16)12(17)22-11/h1-4,21H,5H2,(H,18,20). The molecule has 0 fully saturated rings. The first kappa shape index (κ1) is 15.9. The first-order valence-electron chi connectivity index (χ1n) is 6.13. The number of rotatable bonds is 3. The number of anilines is 1. The number of fused-ring (bicyclic) bond motifs is 1. The van der Waals surface area contributed by atoms with Crippen molar-refractivity contribution in [2.75, 3.05) is 5.32 Å². The molecule has 1 aromatic heterocycles. The van der Waals surface area contributed by atoms with Gasteiger partial charge in [0.1, 0.15) is 0 Å². The van der Waals surface area contributed by atoms with Crippen molar-refractivity contribution in [3.8, 4) is 0 Å². The molecule has 1 aliphatic heterocycles. The summed E-state index contributed by atoms with van der Waals surface area (Å²) in [6.07, 6.45) is -0.408. The average Bonchev–Trinajstić information content (AvgIpc) is 2.91. The van der Waals surface area contributed by atoms with E-state index in [-0.39, 0.29) is 5.76 Å². The van der Waals surface area contributed by atoms with Crippen LogP contribution in [0.4, 0.5) is 5.69 Å². The van der Waals surface area contributed by atoms with Crippen LogP contribution in [0, 0.1) is 0 Å². The highest BCUT2D eigenvalue weighted by Gasteiger charge is 2.47. The van der Waals surface area contributed by atoms with Crippen LogP contribution < -0.4 is 5.32 Å². The number of amides is 1. The third kappa shape index (κ3) is 2.58. The summed E-state index contributed by atoms with van der Waals surface area (Å²) in [7, 11) is 0. The van der Waals surface area contributed by atoms with Gasteiger partial charge in [-0.1, -0.05) is 15.9 Å². The molecule has 22 heavy (non-hydrogen) atoms. The summed E-state index contributed by atoms with van der Waals surface area (Å²) < 4.78 is 6.91. The number of furan rings is 1. The third-order valence-electron chi connectivity index (χ3n) is 3.39. The van der Waals surface area contributed by atoms with E-state index in [9.17, 15) is 14.7 Å². The molecule has 1 amide bonds. The number of carbonyl (C=O) groups excluding carboxylic acids is 2. The quantitative estimate of drug-likeness (QED) is 0.634. The monoisotopic (exact) mass is 491 g/mol. The van der Waals surface area contributed by atoms with Crippen LogP contribution in [0.3, 0.4) is 0 Å². The Hall–Kier alpha value is -0.960. The molecule has 0 radical (unpaired) electrons. The van der Waals surface area contributed by atoms with Crippen molar-refractivity contribution in [2.45, 2.75) is 12.0 Å². The highest BCUT2D eigenvalue weighted by molar-refractivity contribution is 9.13. The fourth-order valence-corrected chi connectivity index (χ4v) is 3.23. The lowest BCUT2D eigenvalue weighted by Crippen LogP contribution is -2.36. The number of Topliss-reactive ketones (excluding diaryl/α,β-unsaturated/α-hetero) is 1. The normalized spacial score (nSPS) is 19.9. The summed E-state index contributed by atoms with van der Waals surface area (Å²) >= 11 is 9.66. The Morgan fingerprint density at radius 2 is 2.00 bits per heavy atom. The number of benzene rings is 1. The first-order chi connectivity index (χ1) is 10.3. The number of hydrogen-bond donors (Lipinski definition) is 2. The van der Waals surface area contributed by atoms with Crippen LogP contribution in [0.5, 0.6) is 0 Å². The molecule has 5 nitrogen and oxygen atoms in total. The molecule has 2 aromatic rings. The van der Waals surface area contributed by atoms with Gasteiger partial charge in [0.05, 0.1) is 10.9 Å². The zero-order valence-corrected chi connectivity index (χ0v) is 15.6. The van der Waals surface area contributed by atoms with E-state index in [2.05, 4.69) is 53.1 Å². The molecule has 3 rings (SSSR count). The largest absolute Gasteiger partial charge is 0.445 e. The zero-order valence-electron chi connectivity index (χ0n) is 10.8. The average molecular weight is 494 g/mol. The summed E-state index contributed by atoms with van der Waals surface area (Å²) in [5.74, 6) is -1.04. The van der Waals surface area contributed by atoms with E-state index in [4.69, 9.17) is 4.42 Å². The maximum atomic E-state index is 12.3. The summed E-state index contributed by atoms with van der Waals surface area (Å²) in [6.45, 7) is 0. The van der Waals surface area contributed by atoms with E-state index in [1.165, 1.54) is 6.07 Å². The van der Waals surface area contributed by atoms with Crippen LogP contribution in [0.1, 0.15) is 22.5 Å². The smallest absolute Gasteiger partial charge is 0.261 e. The molecule has 0 spiro atoms. The van der Waals surface area contributed by atoms with E-state index in [1.807, 2.05) is 0 Å². The van der Waals surface area contributed by atoms with E-state index in [0.29, 0.717) is 24.9 Å². The van der Waals surface area contributed by atoms with Gasteiger partial charge in [0, 0.05) is 21.8 Å². The minimum absolute atomic E-state index is 0.0587. The van der Waals surface area contributed by atoms with E-state index < -0.39 is 23.7 Å². The van der Waals surface area contributed by atoms with Gasteiger partial charge in [-0.3, -0.25) is 9.59 Å². The molecule has 0 saturated carbocycles. The minimum atomic E-state index is -1.91. The molecule has 1 unspecified atom stereocenters. The van der Waals surface area contributed by atoms with Crippen LogP contribution >= 0.6 is 47.8 Å². The molecule has 0 aliphatic carbocycles. The highest BCUT2D eigenvalue weighted by atomic mass is 79.9. The molecule has 114 valence electrons. The molecule has 8 heteroatoms. The first-order valence-corrected chi connectivity index (χ1v) is 8.51. The lowest BCUT2D eigenvalue weighted by atomic mass is 9.89. The molecule has 1 atom stereocenters. The topological polar surface area (TPSA) is 79.5 Å². The Bertz CT molecular complexity index is 782. The van der Waals surface area contributed by atoms with Gasteiger partial charge in [-0.25, -0.2) is 0 Å². The van der Waals surface area contributed by atoms with Gasteiger partial charge in [-0.05, 0) is 50.1 Å². The van der Waals surface area contributed by atoms with Gasteiger partial charge >= 0.3 is 0 Å². The molecular formula is C14H8Br3NO4. The summed E-state index contributed by atoms with van der Waals surface area (Å²) in [4.78, 5) is 24.5. The molecule has 0 saturated heterocycles. The third-order valence-corrected chi connectivity index (χ3v) is 5.59. The van der Waals surface area contributed by atoms with Crippen molar-refractivity contribution in [1.29, 1.82) is 0 Å². The predicted molar refractivity (Wildman–Crippen MR) is 89.7 cm³/mol. The number of hydrogen-bond acceptors (Lipinski definition) is 4. The number of halogens is 3.